The first kappa shape index (κ1) is 16.9. The molecule has 0 radical (unpaired) electrons. The molecule has 2 N–H and O–H groups in total. The van der Waals surface area contributed by atoms with E-state index in [4.69, 9.17) is 4.74 Å². The molecule has 1 aromatic carbocycles. The van der Waals surface area contributed by atoms with Gasteiger partial charge in [-0.25, -0.2) is 0 Å². The summed E-state index contributed by atoms with van der Waals surface area (Å²) >= 11 is 0. The number of nitrogens with zero attached hydrogens (tertiary/aromatic N) is 1. The number of hydrogen-bond acceptors (Lipinski definition) is 4. The Balaban J connectivity index is 1.78. The van der Waals surface area contributed by atoms with Crippen molar-refractivity contribution in [2.75, 3.05) is 51.8 Å². The summed E-state index contributed by atoms with van der Waals surface area (Å²) in [5.74, 6) is 0.0152. The van der Waals surface area contributed by atoms with Gasteiger partial charge in [-0.2, -0.15) is 0 Å². The van der Waals surface area contributed by atoms with E-state index in [1.165, 1.54) is 5.56 Å². The molecule has 0 aliphatic carbocycles. The standard InChI is InChI=1S/C17H27N3O2/c1-14(13-18-2)17(21)19-16-5-3-15(4-6-16)7-8-20-9-11-22-12-10-20/h3-6,14,18H,7-13H2,1-2H3,(H,19,21). The molecule has 1 aliphatic rings. The van der Waals surface area contributed by atoms with Crippen LogP contribution in [0.1, 0.15) is 12.5 Å². The summed E-state index contributed by atoms with van der Waals surface area (Å²) in [4.78, 5) is 14.4. The largest absolute Gasteiger partial charge is 0.379 e. The third-order valence-corrected chi connectivity index (χ3v) is 4.00. The Morgan fingerprint density at radius 3 is 2.59 bits per heavy atom. The van der Waals surface area contributed by atoms with Gasteiger partial charge in [-0.15, -0.1) is 0 Å². The van der Waals surface area contributed by atoms with Gasteiger partial charge in [0.2, 0.25) is 5.91 Å². The molecule has 1 saturated heterocycles. The van der Waals surface area contributed by atoms with E-state index in [-0.39, 0.29) is 11.8 Å². The molecule has 122 valence electrons. The van der Waals surface area contributed by atoms with Crippen LogP contribution < -0.4 is 10.6 Å². The number of morpholine rings is 1. The van der Waals surface area contributed by atoms with Crippen molar-refractivity contribution in [1.29, 1.82) is 0 Å². The first-order valence-corrected chi connectivity index (χ1v) is 8.03. The molecule has 1 aliphatic heterocycles. The van der Waals surface area contributed by atoms with Crippen molar-refractivity contribution in [1.82, 2.24) is 10.2 Å². The van der Waals surface area contributed by atoms with E-state index in [1.54, 1.807) is 0 Å². The maximum absolute atomic E-state index is 11.9. The topological polar surface area (TPSA) is 53.6 Å². The van der Waals surface area contributed by atoms with Gasteiger partial charge in [-0.1, -0.05) is 19.1 Å². The zero-order valence-corrected chi connectivity index (χ0v) is 13.6. The van der Waals surface area contributed by atoms with Crippen LogP contribution in [0.25, 0.3) is 0 Å². The van der Waals surface area contributed by atoms with E-state index in [9.17, 15) is 4.79 Å². The molecule has 22 heavy (non-hydrogen) atoms. The van der Waals surface area contributed by atoms with Crippen LogP contribution in [0, 0.1) is 5.92 Å². The van der Waals surface area contributed by atoms with E-state index in [1.807, 2.05) is 26.1 Å². The zero-order valence-electron chi connectivity index (χ0n) is 13.6. The van der Waals surface area contributed by atoms with Crippen LogP contribution in [0.2, 0.25) is 0 Å². The van der Waals surface area contributed by atoms with Gasteiger partial charge in [0.25, 0.3) is 0 Å². The number of carbonyl (C=O) groups excluding carboxylic acids is 1. The second-order valence-corrected chi connectivity index (χ2v) is 5.85. The number of nitrogens with one attached hydrogen (secondary N) is 2. The van der Waals surface area contributed by atoms with Crippen molar-refractivity contribution in [3.05, 3.63) is 29.8 Å². The van der Waals surface area contributed by atoms with Gasteiger partial charge in [0.1, 0.15) is 0 Å². The van der Waals surface area contributed by atoms with Crippen LogP contribution >= 0.6 is 0 Å². The van der Waals surface area contributed by atoms with Gasteiger partial charge in [0, 0.05) is 37.8 Å². The summed E-state index contributed by atoms with van der Waals surface area (Å²) in [6.45, 7) is 7.40. The minimum atomic E-state index is -0.0361. The van der Waals surface area contributed by atoms with Crippen molar-refractivity contribution in [2.24, 2.45) is 5.92 Å². The maximum Gasteiger partial charge on any atom is 0.228 e. The average molecular weight is 305 g/mol. The first-order chi connectivity index (χ1) is 10.7. The molecule has 1 aromatic rings. The molecular weight excluding hydrogens is 278 g/mol. The number of hydrogen-bond donors (Lipinski definition) is 2. The molecule has 0 bridgehead atoms. The van der Waals surface area contributed by atoms with E-state index in [0.29, 0.717) is 6.54 Å². The minimum Gasteiger partial charge on any atom is -0.379 e. The lowest BCUT2D eigenvalue weighted by Gasteiger charge is -2.26. The summed E-state index contributed by atoms with van der Waals surface area (Å²) < 4.78 is 5.35. The monoisotopic (exact) mass is 305 g/mol. The number of ether oxygens (including phenoxy) is 1. The Hall–Kier alpha value is -1.43. The third-order valence-electron chi connectivity index (χ3n) is 4.00. The Morgan fingerprint density at radius 1 is 1.27 bits per heavy atom. The minimum absolute atomic E-state index is 0.0361. The lowest BCUT2D eigenvalue weighted by atomic mass is 10.1. The summed E-state index contributed by atoms with van der Waals surface area (Å²) in [5, 5.41) is 5.97. The highest BCUT2D eigenvalue weighted by Gasteiger charge is 2.12. The molecule has 0 spiro atoms. The fraction of sp³-hybridized carbons (Fsp3) is 0.588. The van der Waals surface area contributed by atoms with Gasteiger partial charge in [0.05, 0.1) is 13.2 Å². The predicted octanol–water partition coefficient (Wildman–Crippen LogP) is 1.36. The van der Waals surface area contributed by atoms with Gasteiger partial charge in [-0.05, 0) is 31.2 Å². The van der Waals surface area contributed by atoms with Gasteiger partial charge in [0.15, 0.2) is 0 Å². The second-order valence-electron chi connectivity index (χ2n) is 5.85. The zero-order chi connectivity index (χ0) is 15.8. The van der Waals surface area contributed by atoms with Gasteiger partial charge in [-0.3, -0.25) is 9.69 Å². The number of benzene rings is 1. The fourth-order valence-corrected chi connectivity index (χ4v) is 2.53. The van der Waals surface area contributed by atoms with Gasteiger partial charge < -0.3 is 15.4 Å². The third kappa shape index (κ3) is 5.40. The number of amides is 1. The Bertz CT molecular complexity index is 455. The highest BCUT2D eigenvalue weighted by atomic mass is 16.5. The number of anilines is 1. The lowest BCUT2D eigenvalue weighted by Crippen LogP contribution is -2.37. The van der Waals surface area contributed by atoms with E-state index < -0.39 is 0 Å². The molecule has 0 saturated carbocycles. The predicted molar refractivity (Wildman–Crippen MR) is 89.1 cm³/mol. The van der Waals surface area contributed by atoms with E-state index in [0.717, 1.165) is 45.0 Å². The van der Waals surface area contributed by atoms with Crippen LogP contribution in [0.5, 0.6) is 0 Å². The lowest BCUT2D eigenvalue weighted by molar-refractivity contribution is -0.119. The quantitative estimate of drug-likeness (QED) is 0.798. The van der Waals surface area contributed by atoms with Crippen LogP contribution in [-0.4, -0.2) is 57.2 Å². The summed E-state index contributed by atoms with van der Waals surface area (Å²) in [7, 11) is 1.85. The van der Waals surface area contributed by atoms with Crippen LogP contribution in [0.3, 0.4) is 0 Å². The molecule has 0 aromatic heterocycles. The number of rotatable bonds is 7. The van der Waals surface area contributed by atoms with Crippen molar-refractivity contribution >= 4 is 11.6 Å². The summed E-state index contributed by atoms with van der Waals surface area (Å²) in [6.07, 6.45) is 1.03. The van der Waals surface area contributed by atoms with Crippen molar-refractivity contribution in [3.63, 3.8) is 0 Å². The van der Waals surface area contributed by atoms with Crippen LogP contribution in [-0.2, 0) is 16.0 Å². The molecule has 1 atom stereocenters. The van der Waals surface area contributed by atoms with E-state index in [2.05, 4.69) is 27.7 Å². The molecule has 5 heteroatoms. The maximum atomic E-state index is 11.9. The van der Waals surface area contributed by atoms with Crippen LogP contribution in [0.15, 0.2) is 24.3 Å². The fourth-order valence-electron chi connectivity index (χ4n) is 2.53. The normalized spacial score (nSPS) is 17.2. The van der Waals surface area contributed by atoms with E-state index >= 15 is 0 Å². The van der Waals surface area contributed by atoms with Gasteiger partial charge >= 0.3 is 0 Å². The molecule has 1 fully saturated rings. The Labute approximate surface area is 133 Å². The highest BCUT2D eigenvalue weighted by molar-refractivity contribution is 5.92. The molecule has 1 heterocycles. The summed E-state index contributed by atoms with van der Waals surface area (Å²) in [5.41, 5.74) is 2.16. The van der Waals surface area contributed by atoms with Crippen molar-refractivity contribution in [2.45, 2.75) is 13.3 Å². The Morgan fingerprint density at radius 2 is 1.95 bits per heavy atom. The molecule has 1 unspecified atom stereocenters. The SMILES string of the molecule is CNCC(C)C(=O)Nc1ccc(CCN2CCOCC2)cc1. The second kappa shape index (κ2) is 8.88. The molecule has 2 rings (SSSR count). The van der Waals surface area contributed by atoms with Crippen molar-refractivity contribution in [3.8, 4) is 0 Å². The summed E-state index contributed by atoms with van der Waals surface area (Å²) in [6, 6.07) is 8.16. The molecular formula is C17H27N3O2. The number of carbonyl (C=O) groups is 1. The van der Waals surface area contributed by atoms with Crippen molar-refractivity contribution < 1.29 is 9.53 Å². The first-order valence-electron chi connectivity index (χ1n) is 8.03. The Kier molecular flexibility index (Phi) is 6.83. The molecule has 5 nitrogen and oxygen atoms in total. The highest BCUT2D eigenvalue weighted by Crippen LogP contribution is 2.12. The van der Waals surface area contributed by atoms with Crippen LogP contribution in [0.4, 0.5) is 5.69 Å². The smallest absolute Gasteiger partial charge is 0.228 e. The molecule has 1 amide bonds. The average Bonchev–Trinajstić information content (AvgIpc) is 2.55.